The minimum absolute atomic E-state index is 0.0805. The summed E-state index contributed by atoms with van der Waals surface area (Å²) < 4.78 is 88.2. The third-order valence-electron chi connectivity index (χ3n) is 9.83. The van der Waals surface area contributed by atoms with E-state index in [-0.39, 0.29) is 70.7 Å². The van der Waals surface area contributed by atoms with Crippen molar-refractivity contribution < 1.29 is 65.4 Å². The molecule has 4 aromatic heterocycles. The molecule has 8 heterocycles. The van der Waals surface area contributed by atoms with Crippen LogP contribution in [0.2, 0.25) is 0 Å². The van der Waals surface area contributed by atoms with E-state index in [9.17, 15) is 19.3 Å². The molecular formula is C32H38N10O14P2. The van der Waals surface area contributed by atoms with Crippen molar-refractivity contribution in [3.63, 3.8) is 0 Å². The molecule has 1 aromatic carbocycles. The van der Waals surface area contributed by atoms with Crippen molar-refractivity contribution >= 4 is 49.9 Å². The first kappa shape index (κ1) is 38.8. The highest BCUT2D eigenvalue weighted by Crippen LogP contribution is 2.61. The van der Waals surface area contributed by atoms with Crippen LogP contribution in [0.15, 0.2) is 36.9 Å². The molecule has 10 atom stereocenters. The van der Waals surface area contributed by atoms with Gasteiger partial charge in [0.15, 0.2) is 34.8 Å². The van der Waals surface area contributed by atoms with Gasteiger partial charge in [0, 0.05) is 6.07 Å². The number of hydrogen-bond acceptors (Lipinski definition) is 22. The van der Waals surface area contributed by atoms with E-state index >= 15 is 0 Å². The molecule has 24 nitrogen and oxygen atoms in total. The predicted molar refractivity (Wildman–Crippen MR) is 195 cm³/mol. The second-order valence-corrected chi connectivity index (χ2v) is 17.1. The second kappa shape index (κ2) is 13.9. The average molecular weight is 849 g/mol. The summed E-state index contributed by atoms with van der Waals surface area (Å²) in [6.45, 7) is 6.45. The van der Waals surface area contributed by atoms with Crippen molar-refractivity contribution in [1.29, 1.82) is 0 Å². The normalized spacial score (nSPS) is 34.5. The molecule has 0 bridgehead atoms. The highest BCUT2D eigenvalue weighted by atomic mass is 31.2. The first-order valence-electron chi connectivity index (χ1n) is 18.0. The minimum atomic E-state index is -4.43. The molecule has 5 aromatic rings. The zero-order valence-electron chi connectivity index (χ0n) is 31.2. The fourth-order valence-electron chi connectivity index (χ4n) is 7.32. The molecule has 4 saturated heterocycles. The molecule has 0 amide bonds. The molecule has 58 heavy (non-hydrogen) atoms. The molecule has 4 fully saturated rings. The Hall–Kier alpha value is -4.74. The lowest BCUT2D eigenvalue weighted by Crippen LogP contribution is -2.48. The maximum absolute atomic E-state index is 13.9. The van der Waals surface area contributed by atoms with E-state index in [1.807, 2.05) is 0 Å². The van der Waals surface area contributed by atoms with Crippen molar-refractivity contribution in [1.82, 2.24) is 39.0 Å². The summed E-state index contributed by atoms with van der Waals surface area (Å²) in [5.41, 5.74) is 9.21. The molecule has 0 radical (unpaired) electrons. The number of aromatic nitrogens is 8. The third kappa shape index (κ3) is 6.49. The number of rotatable bonds is 10. The van der Waals surface area contributed by atoms with Crippen LogP contribution < -0.4 is 30.0 Å². The van der Waals surface area contributed by atoms with Crippen LogP contribution in [0.5, 0.6) is 23.3 Å². The van der Waals surface area contributed by atoms with Crippen LogP contribution in [0.1, 0.15) is 40.2 Å². The maximum Gasteiger partial charge on any atom is 0.530 e. The van der Waals surface area contributed by atoms with E-state index in [0.717, 1.165) is 0 Å². The van der Waals surface area contributed by atoms with E-state index < -0.39 is 63.7 Å². The van der Waals surface area contributed by atoms with Gasteiger partial charge in [-0.15, -0.1) is 0 Å². The number of anilines is 2. The third-order valence-corrected chi connectivity index (χ3v) is 12.6. The van der Waals surface area contributed by atoms with Crippen molar-refractivity contribution in [3.05, 3.63) is 36.9 Å². The van der Waals surface area contributed by atoms with Gasteiger partial charge in [-0.1, -0.05) is 6.07 Å². The number of fused-ring (bicyclic) bond motifs is 4. The van der Waals surface area contributed by atoms with Crippen LogP contribution in [0.25, 0.3) is 22.3 Å². The van der Waals surface area contributed by atoms with Crippen LogP contribution in [-0.4, -0.2) is 111 Å². The Morgan fingerprint density at radius 2 is 1.19 bits per heavy atom. The summed E-state index contributed by atoms with van der Waals surface area (Å²) in [6.07, 6.45) is -3.72. The molecule has 4 aliphatic heterocycles. The van der Waals surface area contributed by atoms with Gasteiger partial charge in [-0.3, -0.25) is 27.2 Å². The first-order chi connectivity index (χ1) is 27.6. The van der Waals surface area contributed by atoms with Gasteiger partial charge < -0.3 is 49.7 Å². The summed E-state index contributed by atoms with van der Waals surface area (Å²) in [5.74, 6) is -0.0147. The van der Waals surface area contributed by atoms with E-state index in [1.54, 1.807) is 13.8 Å². The summed E-state index contributed by atoms with van der Waals surface area (Å²) in [7, 11) is -8.86. The number of phosphoric ester groups is 2. The van der Waals surface area contributed by atoms with Crippen molar-refractivity contribution in [2.75, 3.05) is 37.9 Å². The minimum Gasteiger partial charge on any atom is -0.476 e. The van der Waals surface area contributed by atoms with Gasteiger partial charge in [-0.05, 0) is 39.8 Å². The topological polar surface area (TPSA) is 306 Å². The second-order valence-electron chi connectivity index (χ2n) is 14.0. The average Bonchev–Trinajstić information content (AvgIpc) is 3.89. The lowest BCUT2D eigenvalue weighted by molar-refractivity contribution is -0.0898. The molecular weight excluding hydrogens is 810 g/mol. The Morgan fingerprint density at radius 1 is 0.759 bits per heavy atom. The Bertz CT molecular complexity index is 2340. The lowest BCUT2D eigenvalue weighted by Gasteiger charge is -2.35. The number of nitrogens with zero attached hydrogens (tertiary/aromatic N) is 8. The molecule has 0 spiro atoms. The van der Waals surface area contributed by atoms with E-state index in [0.29, 0.717) is 13.2 Å². The predicted octanol–water partition coefficient (Wildman–Crippen LogP) is 2.43. The van der Waals surface area contributed by atoms with Gasteiger partial charge in [0.1, 0.15) is 47.1 Å². The summed E-state index contributed by atoms with van der Waals surface area (Å²) in [4.78, 5) is 25.4. The lowest BCUT2D eigenvalue weighted by atomic mass is 9.96. The van der Waals surface area contributed by atoms with Crippen LogP contribution >= 0.6 is 15.6 Å². The zero-order valence-corrected chi connectivity index (χ0v) is 33.0. The number of nitrogen functional groups attached to an aromatic ring is 2. The Labute approximate surface area is 327 Å². The number of benzene rings is 1. The summed E-state index contributed by atoms with van der Waals surface area (Å²) in [6, 6.07) is 5.56. The Balaban J connectivity index is 0.892. The fourth-order valence-corrected chi connectivity index (χ4v) is 10.3. The van der Waals surface area contributed by atoms with Gasteiger partial charge in [0.2, 0.25) is 23.7 Å². The Kier molecular flexibility index (Phi) is 9.31. The fraction of sp³-hybridized carbons (Fsp3) is 0.500. The standard InChI is InChI=1S/C32H38N10O14P2/c1-5-47-25-19-23(37-29(33)39-25)41(13-35-19)27-31(3,43)21-17(51-27)11-49-57(45,55-21)53-15-8-7-9-16(10-15)54-58(46)50-12-18-22(56-58)32(4,44)28(52-18)42-14-36-20-24(42)38-30(34)40-26(20)48-6-2/h7-10,13-14,17-18,21-22,27-28,43-44H,5-6,11-12H2,1-4H3,(H2,33,37,39)(H2,34,38,40)/t17-,18-,21-,22-,27-,28-,31-,32-,57?,58?/m1/s1. The highest BCUT2D eigenvalue weighted by molar-refractivity contribution is 7.49. The number of hydrogen-bond donors (Lipinski definition) is 4. The maximum atomic E-state index is 13.9. The quantitative estimate of drug-likeness (QED) is 0.147. The van der Waals surface area contributed by atoms with E-state index in [2.05, 4.69) is 29.9 Å². The number of aliphatic hydroxyl groups is 2. The van der Waals surface area contributed by atoms with Crippen molar-refractivity contribution in [2.24, 2.45) is 0 Å². The number of nitrogens with two attached hydrogens (primary N) is 2. The highest BCUT2D eigenvalue weighted by Gasteiger charge is 2.62. The molecule has 0 aliphatic carbocycles. The number of ether oxygens (including phenoxy) is 4. The van der Waals surface area contributed by atoms with Gasteiger partial charge in [0.05, 0.1) is 39.1 Å². The van der Waals surface area contributed by atoms with Crippen LogP contribution in [0, 0.1) is 0 Å². The molecule has 310 valence electrons. The molecule has 2 unspecified atom stereocenters. The van der Waals surface area contributed by atoms with Crippen molar-refractivity contribution in [2.45, 2.75) is 75.8 Å². The van der Waals surface area contributed by atoms with Gasteiger partial charge in [-0.25, -0.2) is 19.1 Å². The Morgan fingerprint density at radius 3 is 1.60 bits per heavy atom. The largest absolute Gasteiger partial charge is 0.530 e. The van der Waals surface area contributed by atoms with Crippen LogP contribution in [-0.2, 0) is 36.7 Å². The van der Waals surface area contributed by atoms with Gasteiger partial charge in [0.25, 0.3) is 0 Å². The molecule has 6 N–H and O–H groups in total. The van der Waals surface area contributed by atoms with Crippen LogP contribution in [0.4, 0.5) is 11.9 Å². The van der Waals surface area contributed by atoms with Gasteiger partial charge in [-0.2, -0.15) is 19.9 Å². The molecule has 0 saturated carbocycles. The van der Waals surface area contributed by atoms with Crippen molar-refractivity contribution in [3.8, 4) is 23.3 Å². The molecule has 26 heteroatoms. The number of phosphoric acid groups is 2. The molecule has 4 aliphatic rings. The first-order valence-corrected chi connectivity index (χ1v) is 20.9. The smallest absolute Gasteiger partial charge is 0.476 e. The number of imidazole rings is 2. The zero-order chi connectivity index (χ0) is 40.8. The summed E-state index contributed by atoms with van der Waals surface area (Å²) >= 11 is 0. The van der Waals surface area contributed by atoms with E-state index in [1.165, 1.54) is 59.9 Å². The molecule has 9 rings (SSSR count). The summed E-state index contributed by atoms with van der Waals surface area (Å²) in [5, 5.41) is 23.5. The van der Waals surface area contributed by atoms with E-state index in [4.69, 9.17) is 57.6 Å². The van der Waals surface area contributed by atoms with Gasteiger partial charge >= 0.3 is 15.6 Å². The monoisotopic (exact) mass is 848 g/mol. The SMILES string of the molecule is CCOc1nc(N)nc2c1ncn2[C@@H]1O[C@@H]2COP(=O)(Oc3cccc(OP4(=O)OC[C@H]5O[C@@H](n6cnc7c(OCC)nc(N)nc76)[C@](C)(O)[C@@H]5O4)c3)O[C@H]2[C@@]1(C)O. The van der Waals surface area contributed by atoms with Crippen LogP contribution in [0.3, 0.4) is 0 Å².